The molecule has 1 heterocycles. The number of nitrogens with zero attached hydrogens (tertiary/aromatic N) is 1. The fourth-order valence-electron chi connectivity index (χ4n) is 1.86. The van der Waals surface area contributed by atoms with Gasteiger partial charge in [-0.1, -0.05) is 30.3 Å². The van der Waals surface area contributed by atoms with Crippen LogP contribution in [0, 0.1) is 5.82 Å². The van der Waals surface area contributed by atoms with Crippen LogP contribution in [0.15, 0.2) is 70.0 Å². The molecule has 0 fully saturated rings. The number of hydrogen-bond donors (Lipinski definition) is 0. The lowest BCUT2D eigenvalue weighted by atomic mass is 10.2. The van der Waals surface area contributed by atoms with Gasteiger partial charge >= 0.3 is 5.76 Å². The molecular weight excluding hydrogens is 245 g/mol. The van der Waals surface area contributed by atoms with Crippen LogP contribution in [0.1, 0.15) is 0 Å². The largest absolute Gasteiger partial charge is 0.424 e. The van der Waals surface area contributed by atoms with Crippen LogP contribution in [0.4, 0.5) is 4.39 Å². The minimum Gasteiger partial charge on any atom is -0.407 e. The zero-order valence-electron chi connectivity index (χ0n) is 9.92. The van der Waals surface area contributed by atoms with E-state index in [2.05, 4.69) is 0 Å². The van der Waals surface area contributed by atoms with Crippen LogP contribution in [-0.4, -0.2) is 4.57 Å². The summed E-state index contributed by atoms with van der Waals surface area (Å²) in [5.74, 6) is -0.357. The predicted octanol–water partition coefficient (Wildman–Crippen LogP) is 3.24. The molecule has 3 aromatic rings. The number of rotatable bonds is 2. The second-order valence-corrected chi connectivity index (χ2v) is 4.07. The van der Waals surface area contributed by atoms with Gasteiger partial charge in [-0.05, 0) is 24.3 Å². The molecule has 4 heteroatoms. The molecule has 0 atom stereocenters. The highest BCUT2D eigenvalue weighted by molar-refractivity contribution is 5.56. The zero-order chi connectivity index (χ0) is 13.2. The Morgan fingerprint density at radius 2 is 1.63 bits per heavy atom. The minimum absolute atomic E-state index is 0.344. The summed E-state index contributed by atoms with van der Waals surface area (Å²) >= 11 is 0. The van der Waals surface area contributed by atoms with E-state index in [1.54, 1.807) is 6.20 Å². The normalized spacial score (nSPS) is 10.6. The Hall–Kier alpha value is -2.62. The monoisotopic (exact) mass is 255 g/mol. The minimum atomic E-state index is -0.495. The van der Waals surface area contributed by atoms with Gasteiger partial charge in [0, 0.05) is 5.56 Å². The highest BCUT2D eigenvalue weighted by atomic mass is 19.1. The fraction of sp³-hybridized carbons (Fsp3) is 0. The van der Waals surface area contributed by atoms with Gasteiger partial charge < -0.3 is 4.42 Å². The van der Waals surface area contributed by atoms with E-state index in [4.69, 9.17) is 4.42 Å². The standard InChI is InChI=1S/C15H10FNO2/c16-12-6-8-13(9-7-12)17-10-14(19-15(17)18)11-4-2-1-3-5-11/h1-10H. The Morgan fingerprint density at radius 3 is 2.32 bits per heavy atom. The molecule has 0 spiro atoms. The van der Waals surface area contributed by atoms with E-state index >= 15 is 0 Å². The van der Waals surface area contributed by atoms with Gasteiger partial charge in [0.15, 0.2) is 5.76 Å². The first kappa shape index (κ1) is 11.5. The third kappa shape index (κ3) is 2.20. The molecule has 0 saturated carbocycles. The molecule has 0 aliphatic rings. The molecule has 0 aliphatic carbocycles. The third-order valence-electron chi connectivity index (χ3n) is 2.80. The van der Waals surface area contributed by atoms with Crippen LogP contribution < -0.4 is 5.76 Å². The summed E-state index contributed by atoms with van der Waals surface area (Å²) in [6, 6.07) is 15.0. The second-order valence-electron chi connectivity index (χ2n) is 4.07. The Morgan fingerprint density at radius 1 is 0.947 bits per heavy atom. The summed E-state index contributed by atoms with van der Waals surface area (Å²) in [5, 5.41) is 0. The molecule has 94 valence electrons. The van der Waals surface area contributed by atoms with Gasteiger partial charge in [0.1, 0.15) is 5.82 Å². The van der Waals surface area contributed by atoms with Gasteiger partial charge in [0.25, 0.3) is 0 Å². The SMILES string of the molecule is O=c1oc(-c2ccccc2)cn1-c1ccc(F)cc1. The maximum absolute atomic E-state index is 12.9. The first-order valence-electron chi connectivity index (χ1n) is 5.78. The summed E-state index contributed by atoms with van der Waals surface area (Å²) in [6.45, 7) is 0. The molecule has 0 saturated heterocycles. The molecule has 0 N–H and O–H groups in total. The van der Waals surface area contributed by atoms with Crippen LogP contribution >= 0.6 is 0 Å². The Balaban J connectivity index is 2.08. The third-order valence-corrected chi connectivity index (χ3v) is 2.80. The van der Waals surface area contributed by atoms with Crippen molar-refractivity contribution < 1.29 is 8.81 Å². The van der Waals surface area contributed by atoms with Crippen molar-refractivity contribution in [2.75, 3.05) is 0 Å². The molecule has 2 aromatic carbocycles. The molecule has 0 amide bonds. The molecule has 0 aliphatic heterocycles. The molecular formula is C15H10FNO2. The average Bonchev–Trinajstić information content (AvgIpc) is 2.83. The molecule has 0 unspecified atom stereocenters. The van der Waals surface area contributed by atoms with E-state index in [9.17, 15) is 9.18 Å². The van der Waals surface area contributed by atoms with Crippen molar-refractivity contribution >= 4 is 0 Å². The summed E-state index contributed by atoms with van der Waals surface area (Å²) in [4.78, 5) is 11.8. The molecule has 3 nitrogen and oxygen atoms in total. The van der Waals surface area contributed by atoms with Crippen molar-refractivity contribution in [3.05, 3.63) is 77.2 Å². The van der Waals surface area contributed by atoms with Crippen LogP contribution in [0.5, 0.6) is 0 Å². The molecule has 1 aromatic heterocycles. The molecule has 3 rings (SSSR count). The number of benzene rings is 2. The summed E-state index contributed by atoms with van der Waals surface area (Å²) in [7, 11) is 0. The first-order valence-corrected chi connectivity index (χ1v) is 5.78. The highest BCUT2D eigenvalue weighted by Crippen LogP contribution is 2.18. The number of hydrogen-bond acceptors (Lipinski definition) is 2. The van der Waals surface area contributed by atoms with Crippen LogP contribution in [0.3, 0.4) is 0 Å². The lowest BCUT2D eigenvalue weighted by Crippen LogP contribution is -2.10. The van der Waals surface area contributed by atoms with Gasteiger partial charge in [-0.15, -0.1) is 0 Å². The van der Waals surface area contributed by atoms with E-state index < -0.39 is 5.76 Å². The van der Waals surface area contributed by atoms with Crippen molar-refractivity contribution in [2.45, 2.75) is 0 Å². The summed E-state index contributed by atoms with van der Waals surface area (Å²) < 4.78 is 19.4. The predicted molar refractivity (Wildman–Crippen MR) is 69.7 cm³/mol. The van der Waals surface area contributed by atoms with Crippen molar-refractivity contribution in [1.82, 2.24) is 4.57 Å². The molecule has 0 bridgehead atoms. The summed E-state index contributed by atoms with van der Waals surface area (Å²) in [6.07, 6.45) is 1.60. The molecule has 0 radical (unpaired) electrons. The van der Waals surface area contributed by atoms with E-state index in [-0.39, 0.29) is 5.82 Å². The first-order chi connectivity index (χ1) is 9.24. The van der Waals surface area contributed by atoms with Crippen molar-refractivity contribution in [1.29, 1.82) is 0 Å². The Bertz CT molecular complexity index is 742. The maximum atomic E-state index is 12.9. The van der Waals surface area contributed by atoms with E-state index in [0.29, 0.717) is 11.4 Å². The van der Waals surface area contributed by atoms with Gasteiger partial charge in [0.05, 0.1) is 11.9 Å². The summed E-state index contributed by atoms with van der Waals surface area (Å²) in [5.41, 5.74) is 1.39. The lowest BCUT2D eigenvalue weighted by Gasteiger charge is -1.98. The van der Waals surface area contributed by atoms with Gasteiger partial charge in [0.2, 0.25) is 0 Å². The van der Waals surface area contributed by atoms with Crippen LogP contribution in [0.25, 0.3) is 17.0 Å². The van der Waals surface area contributed by atoms with Crippen LogP contribution in [-0.2, 0) is 0 Å². The van der Waals surface area contributed by atoms with E-state index in [0.717, 1.165) is 5.56 Å². The van der Waals surface area contributed by atoms with Crippen molar-refractivity contribution in [2.24, 2.45) is 0 Å². The number of aromatic nitrogens is 1. The number of oxazole rings is 1. The maximum Gasteiger partial charge on any atom is 0.424 e. The van der Waals surface area contributed by atoms with Gasteiger partial charge in [-0.25, -0.2) is 13.8 Å². The topological polar surface area (TPSA) is 35.1 Å². The van der Waals surface area contributed by atoms with Crippen molar-refractivity contribution in [3.63, 3.8) is 0 Å². The lowest BCUT2D eigenvalue weighted by molar-refractivity contribution is 0.516. The quantitative estimate of drug-likeness (QED) is 0.704. The zero-order valence-corrected chi connectivity index (χ0v) is 9.92. The smallest absolute Gasteiger partial charge is 0.407 e. The second kappa shape index (κ2) is 4.57. The average molecular weight is 255 g/mol. The van der Waals surface area contributed by atoms with Gasteiger partial charge in [-0.2, -0.15) is 0 Å². The fourth-order valence-corrected chi connectivity index (χ4v) is 1.86. The molecule has 19 heavy (non-hydrogen) atoms. The Kier molecular flexibility index (Phi) is 2.76. The van der Waals surface area contributed by atoms with Crippen LogP contribution in [0.2, 0.25) is 0 Å². The number of halogens is 1. The van der Waals surface area contributed by atoms with E-state index in [1.807, 2.05) is 30.3 Å². The van der Waals surface area contributed by atoms with Gasteiger partial charge in [-0.3, -0.25) is 0 Å². The highest BCUT2D eigenvalue weighted by Gasteiger charge is 2.09. The van der Waals surface area contributed by atoms with Crippen molar-refractivity contribution in [3.8, 4) is 17.0 Å². The van der Waals surface area contributed by atoms with E-state index in [1.165, 1.54) is 28.8 Å². The Labute approximate surface area is 108 Å².